The van der Waals surface area contributed by atoms with Crippen molar-refractivity contribution in [2.45, 2.75) is 6.42 Å². The Kier molecular flexibility index (Phi) is 4.21. The van der Waals surface area contributed by atoms with Crippen LogP contribution < -0.4 is 0 Å². The van der Waals surface area contributed by atoms with Gasteiger partial charge in [-0.15, -0.1) is 5.10 Å². The number of hydrogen-bond donors (Lipinski definition) is 0. The number of carbonyl (C=O) groups is 1. The summed E-state index contributed by atoms with van der Waals surface area (Å²) in [5.41, 5.74) is 1.33. The summed E-state index contributed by atoms with van der Waals surface area (Å²) in [5.74, 6) is -1.33. The Balaban J connectivity index is 2.03. The molecule has 2 aromatic carbocycles. The topological polar surface area (TPSA) is 52.1 Å². The smallest absolute Gasteiger partial charge is 0.340 e. The van der Waals surface area contributed by atoms with Gasteiger partial charge in [-0.3, -0.25) is 0 Å². The molecule has 0 amide bonds. The molecule has 0 saturated heterocycles. The third-order valence-electron chi connectivity index (χ3n) is 3.53. The van der Waals surface area contributed by atoms with E-state index in [0.717, 1.165) is 16.3 Å². The van der Waals surface area contributed by atoms with Gasteiger partial charge in [-0.1, -0.05) is 41.9 Å². The van der Waals surface area contributed by atoms with Crippen LogP contribution in [0.4, 0.5) is 4.39 Å². The second-order valence-electron chi connectivity index (χ2n) is 4.97. The third kappa shape index (κ3) is 3.00. The second kappa shape index (κ2) is 6.30. The summed E-state index contributed by atoms with van der Waals surface area (Å²) in [6, 6.07) is 11.8. The summed E-state index contributed by atoms with van der Waals surface area (Å²) in [6.07, 6.45) is 0.398. The van der Waals surface area contributed by atoms with Crippen molar-refractivity contribution in [2.24, 2.45) is 0 Å². The first-order valence-corrected chi connectivity index (χ1v) is 7.24. The first-order valence-electron chi connectivity index (χ1n) is 6.86. The first kappa shape index (κ1) is 15.4. The third-order valence-corrected chi connectivity index (χ3v) is 3.81. The molecule has 0 bridgehead atoms. The fraction of sp³-hybridized carbons (Fsp3) is 0.118. The van der Waals surface area contributed by atoms with E-state index in [1.54, 1.807) is 6.07 Å². The van der Waals surface area contributed by atoms with Gasteiger partial charge in [0.25, 0.3) is 0 Å². The van der Waals surface area contributed by atoms with Crippen LogP contribution in [0, 0.1) is 5.82 Å². The van der Waals surface area contributed by atoms with Crippen LogP contribution in [0.15, 0.2) is 42.5 Å². The average molecular weight is 331 g/mol. The summed E-state index contributed by atoms with van der Waals surface area (Å²) < 4.78 is 18.3. The average Bonchev–Trinajstić information content (AvgIpc) is 2.58. The van der Waals surface area contributed by atoms with Gasteiger partial charge in [0.2, 0.25) is 0 Å². The molecular weight excluding hydrogens is 319 g/mol. The zero-order chi connectivity index (χ0) is 16.4. The lowest BCUT2D eigenvalue weighted by Gasteiger charge is -2.08. The molecule has 0 saturated carbocycles. The lowest BCUT2D eigenvalue weighted by molar-refractivity contribution is 0.0595. The molecule has 6 heteroatoms. The van der Waals surface area contributed by atoms with Crippen molar-refractivity contribution < 1.29 is 13.9 Å². The monoisotopic (exact) mass is 330 g/mol. The van der Waals surface area contributed by atoms with E-state index in [2.05, 4.69) is 14.9 Å². The molecule has 0 N–H and O–H groups in total. The quantitative estimate of drug-likeness (QED) is 0.685. The van der Waals surface area contributed by atoms with E-state index in [0.29, 0.717) is 17.3 Å². The highest BCUT2D eigenvalue weighted by atomic mass is 35.5. The van der Waals surface area contributed by atoms with Crippen molar-refractivity contribution in [3.8, 4) is 0 Å². The molecular formula is C17H12ClFN2O2. The van der Waals surface area contributed by atoms with Crippen LogP contribution in [0.25, 0.3) is 10.8 Å². The predicted molar refractivity (Wildman–Crippen MR) is 85.1 cm³/mol. The minimum atomic E-state index is -0.712. The zero-order valence-corrected chi connectivity index (χ0v) is 13.0. The number of nitrogens with zero attached hydrogens (tertiary/aromatic N) is 2. The van der Waals surface area contributed by atoms with Crippen molar-refractivity contribution in [2.75, 3.05) is 7.11 Å². The number of benzene rings is 2. The molecule has 1 heterocycles. The Bertz CT molecular complexity index is 899. The Morgan fingerprint density at radius 3 is 2.65 bits per heavy atom. The summed E-state index contributed by atoms with van der Waals surface area (Å²) in [6.45, 7) is 0. The Morgan fingerprint density at radius 2 is 1.91 bits per heavy atom. The molecule has 0 aliphatic heterocycles. The normalized spacial score (nSPS) is 10.7. The van der Waals surface area contributed by atoms with Crippen LogP contribution >= 0.6 is 11.6 Å². The van der Waals surface area contributed by atoms with Crippen molar-refractivity contribution >= 4 is 28.3 Å². The van der Waals surface area contributed by atoms with E-state index in [1.165, 1.54) is 19.2 Å². The van der Waals surface area contributed by atoms with Crippen LogP contribution in [0.1, 0.15) is 21.6 Å². The number of fused-ring (bicyclic) bond motifs is 1. The van der Waals surface area contributed by atoms with Crippen LogP contribution in [0.3, 0.4) is 0 Å². The molecule has 0 spiro atoms. The molecule has 116 valence electrons. The molecule has 0 radical (unpaired) electrons. The number of aromatic nitrogens is 2. The SMILES string of the molecule is COC(=O)c1cc(Cc2nnc(Cl)c3ccccc23)ccc1F. The second-order valence-corrected chi connectivity index (χ2v) is 5.32. The largest absolute Gasteiger partial charge is 0.465 e. The molecule has 0 fully saturated rings. The van der Waals surface area contributed by atoms with Crippen LogP contribution in [0.2, 0.25) is 5.15 Å². The lowest BCUT2D eigenvalue weighted by atomic mass is 10.0. The molecule has 0 aliphatic carbocycles. The number of ether oxygens (including phenoxy) is 1. The fourth-order valence-electron chi connectivity index (χ4n) is 2.40. The number of hydrogen-bond acceptors (Lipinski definition) is 4. The minimum Gasteiger partial charge on any atom is -0.465 e. The summed E-state index contributed by atoms with van der Waals surface area (Å²) in [4.78, 5) is 11.6. The fourth-order valence-corrected chi connectivity index (χ4v) is 2.60. The van der Waals surface area contributed by atoms with E-state index >= 15 is 0 Å². The van der Waals surface area contributed by atoms with Gasteiger partial charge in [-0.2, -0.15) is 5.10 Å². The minimum absolute atomic E-state index is 0.101. The maximum atomic E-state index is 13.7. The standard InChI is InChI=1S/C17H12ClFN2O2/c1-23-17(22)13-8-10(6-7-14(13)19)9-15-11-4-2-3-5-12(11)16(18)21-20-15/h2-8H,9H2,1H3. The molecule has 0 atom stereocenters. The van der Waals surface area contributed by atoms with Gasteiger partial charge in [-0.25, -0.2) is 9.18 Å². The van der Waals surface area contributed by atoms with Gasteiger partial charge in [0, 0.05) is 17.2 Å². The molecule has 3 aromatic rings. The lowest BCUT2D eigenvalue weighted by Crippen LogP contribution is -2.06. The molecule has 3 rings (SSSR count). The number of rotatable bonds is 3. The summed E-state index contributed by atoms with van der Waals surface area (Å²) in [5, 5.41) is 10.1. The van der Waals surface area contributed by atoms with E-state index in [1.807, 2.05) is 24.3 Å². The molecule has 1 aromatic heterocycles. The molecule has 0 aliphatic rings. The highest BCUT2D eigenvalue weighted by Gasteiger charge is 2.14. The Labute approximate surface area is 136 Å². The Hall–Kier alpha value is -2.53. The molecule has 4 nitrogen and oxygen atoms in total. The maximum Gasteiger partial charge on any atom is 0.340 e. The van der Waals surface area contributed by atoms with Gasteiger partial charge in [-0.05, 0) is 17.7 Å². The van der Waals surface area contributed by atoms with Gasteiger partial charge >= 0.3 is 5.97 Å². The molecule has 0 unspecified atom stereocenters. The zero-order valence-electron chi connectivity index (χ0n) is 12.2. The number of esters is 1. The number of methoxy groups -OCH3 is 1. The first-order chi connectivity index (χ1) is 11.1. The van der Waals surface area contributed by atoms with E-state index in [9.17, 15) is 9.18 Å². The van der Waals surface area contributed by atoms with Gasteiger partial charge in [0.1, 0.15) is 5.82 Å². The van der Waals surface area contributed by atoms with Crippen LogP contribution in [-0.4, -0.2) is 23.3 Å². The van der Waals surface area contributed by atoms with Crippen LogP contribution in [-0.2, 0) is 11.2 Å². The maximum absolute atomic E-state index is 13.7. The van der Waals surface area contributed by atoms with E-state index in [4.69, 9.17) is 11.6 Å². The van der Waals surface area contributed by atoms with Gasteiger partial charge in [0.05, 0.1) is 18.4 Å². The number of carbonyl (C=O) groups excluding carboxylic acids is 1. The van der Waals surface area contributed by atoms with Gasteiger partial charge in [0.15, 0.2) is 5.15 Å². The highest BCUT2D eigenvalue weighted by Crippen LogP contribution is 2.24. The summed E-state index contributed by atoms with van der Waals surface area (Å²) >= 11 is 6.05. The van der Waals surface area contributed by atoms with Gasteiger partial charge < -0.3 is 4.74 Å². The predicted octanol–water partition coefficient (Wildman–Crippen LogP) is 3.80. The van der Waals surface area contributed by atoms with E-state index in [-0.39, 0.29) is 5.56 Å². The molecule has 23 heavy (non-hydrogen) atoms. The highest BCUT2D eigenvalue weighted by molar-refractivity contribution is 6.34. The van der Waals surface area contributed by atoms with E-state index < -0.39 is 11.8 Å². The van der Waals surface area contributed by atoms with Crippen molar-refractivity contribution in [1.82, 2.24) is 10.2 Å². The number of halogens is 2. The Morgan fingerprint density at radius 1 is 1.17 bits per heavy atom. The van der Waals surface area contributed by atoms with Crippen molar-refractivity contribution in [1.29, 1.82) is 0 Å². The van der Waals surface area contributed by atoms with Crippen molar-refractivity contribution in [3.63, 3.8) is 0 Å². The summed E-state index contributed by atoms with van der Waals surface area (Å²) in [7, 11) is 1.21. The van der Waals surface area contributed by atoms with Crippen molar-refractivity contribution in [3.05, 3.63) is 70.3 Å². The van der Waals surface area contributed by atoms with Crippen LogP contribution in [0.5, 0.6) is 0 Å².